The molecule has 0 radical (unpaired) electrons. The van der Waals surface area contributed by atoms with Crippen molar-refractivity contribution in [2.45, 2.75) is 24.4 Å². The van der Waals surface area contributed by atoms with Gasteiger partial charge in [-0.15, -0.1) is 0 Å². The lowest BCUT2D eigenvalue weighted by atomic mass is 9.69. The third-order valence-corrected chi connectivity index (χ3v) is 7.32. The third kappa shape index (κ3) is 6.25. The summed E-state index contributed by atoms with van der Waals surface area (Å²) in [6, 6.07) is 52.7. The molecule has 0 N–H and O–H groups in total. The molecule has 0 unspecified atom stereocenters. The van der Waals surface area contributed by atoms with Gasteiger partial charge in [0.05, 0.1) is 5.41 Å². The fraction of sp³-hybridized carbons (Fsp3) is 0.108. The van der Waals surface area contributed by atoms with E-state index in [4.69, 9.17) is 17.0 Å². The average molecular weight is 525 g/mol. The molecule has 0 aliphatic carbocycles. The Hall–Kier alpha value is -4.27. The van der Waals surface area contributed by atoms with Crippen LogP contribution in [0, 0.1) is 0 Å². The number of thiocarbonyl (C=S) groups is 1. The Labute approximate surface area is 237 Å². The zero-order valence-corrected chi connectivity index (χ0v) is 22.7. The molecule has 5 aromatic carbocycles. The van der Waals surface area contributed by atoms with E-state index in [0.717, 1.165) is 17.5 Å². The van der Waals surface area contributed by atoms with E-state index in [1.807, 2.05) is 36.4 Å². The summed E-state index contributed by atoms with van der Waals surface area (Å²) in [5.41, 5.74) is 5.46. The maximum Gasteiger partial charge on any atom is 0.161 e. The van der Waals surface area contributed by atoms with Crippen LogP contribution in [0.25, 0.3) is 0 Å². The van der Waals surface area contributed by atoms with Crippen LogP contribution in [0.15, 0.2) is 164 Å². The molecule has 5 aromatic rings. The molecule has 192 valence electrons. The molecule has 0 heterocycles. The van der Waals surface area contributed by atoms with Crippen LogP contribution in [-0.2, 0) is 10.2 Å². The monoisotopic (exact) mass is 524 g/mol. The minimum absolute atomic E-state index is 0.221. The van der Waals surface area contributed by atoms with E-state index in [9.17, 15) is 0 Å². The van der Waals surface area contributed by atoms with Crippen LogP contribution < -0.4 is 0 Å². The largest absolute Gasteiger partial charge is 0.474 e. The predicted molar refractivity (Wildman–Crippen MR) is 166 cm³/mol. The topological polar surface area (TPSA) is 9.23 Å². The van der Waals surface area contributed by atoms with Gasteiger partial charge in [-0.1, -0.05) is 164 Å². The zero-order valence-electron chi connectivity index (χ0n) is 21.9. The maximum atomic E-state index is 6.41. The smallest absolute Gasteiger partial charge is 0.161 e. The Balaban J connectivity index is 1.40. The normalized spacial score (nSPS) is 11.5. The molecule has 0 amide bonds. The predicted octanol–water partition coefficient (Wildman–Crippen LogP) is 9.49. The number of ether oxygens (including phenoxy) is 1. The van der Waals surface area contributed by atoms with Crippen LogP contribution >= 0.6 is 12.2 Å². The van der Waals surface area contributed by atoms with Crippen LogP contribution in [0.2, 0.25) is 0 Å². The van der Waals surface area contributed by atoms with Crippen molar-refractivity contribution in [2.24, 2.45) is 0 Å². The number of rotatable bonds is 10. The van der Waals surface area contributed by atoms with Gasteiger partial charge in [-0.2, -0.15) is 0 Å². The van der Waals surface area contributed by atoms with Crippen LogP contribution in [0.1, 0.15) is 46.8 Å². The molecule has 0 aliphatic heterocycles. The Morgan fingerprint density at radius 1 is 0.564 bits per heavy atom. The standard InChI is InChI=1S/C37H32OS/c39-35(38-36(30-18-6-1-7-19-30)31-20-8-2-9-21-31)28-16-17-29-37(32-22-10-3-11-23-32,33-24-12-4-13-25-33)34-26-14-5-15-27-34/h1-15,17-27,29,36H,16,28H2/b29-17-. The first-order valence-electron chi connectivity index (χ1n) is 13.4. The third-order valence-electron chi connectivity index (χ3n) is 7.02. The Bertz CT molecular complexity index is 1330. The van der Waals surface area contributed by atoms with Gasteiger partial charge in [0.2, 0.25) is 0 Å². The van der Waals surface area contributed by atoms with E-state index in [1.165, 1.54) is 16.7 Å². The number of hydrogen-bond acceptors (Lipinski definition) is 2. The first-order chi connectivity index (χ1) is 19.3. The fourth-order valence-corrected chi connectivity index (χ4v) is 5.34. The van der Waals surface area contributed by atoms with Gasteiger partial charge in [-0.05, 0) is 46.5 Å². The summed E-state index contributed by atoms with van der Waals surface area (Å²) in [7, 11) is 0. The average Bonchev–Trinajstić information content (AvgIpc) is 3.02. The molecule has 2 heteroatoms. The second kappa shape index (κ2) is 13.0. The first-order valence-corrected chi connectivity index (χ1v) is 13.8. The minimum atomic E-state index is -0.414. The first kappa shape index (κ1) is 26.3. The van der Waals surface area contributed by atoms with Gasteiger partial charge in [0.25, 0.3) is 0 Å². The summed E-state index contributed by atoms with van der Waals surface area (Å²) >= 11 is 5.76. The number of hydrogen-bond donors (Lipinski definition) is 0. The highest BCUT2D eigenvalue weighted by Crippen LogP contribution is 2.40. The van der Waals surface area contributed by atoms with Gasteiger partial charge in [0.1, 0.15) is 6.10 Å². The molecular formula is C37H32OS. The molecule has 0 bridgehead atoms. The highest BCUT2D eigenvalue weighted by atomic mass is 32.1. The molecule has 5 rings (SSSR count). The highest BCUT2D eigenvalue weighted by Gasteiger charge is 2.33. The van der Waals surface area contributed by atoms with Crippen molar-refractivity contribution < 1.29 is 4.74 Å². The maximum absolute atomic E-state index is 6.41. The van der Waals surface area contributed by atoms with E-state index < -0.39 is 5.41 Å². The van der Waals surface area contributed by atoms with Crippen molar-refractivity contribution in [1.82, 2.24) is 0 Å². The molecule has 0 aromatic heterocycles. The number of allylic oxidation sites excluding steroid dienone is 2. The summed E-state index contributed by atoms with van der Waals surface area (Å²) in [6.45, 7) is 0. The molecule has 1 nitrogen and oxygen atoms in total. The van der Waals surface area contributed by atoms with Gasteiger partial charge in [0.15, 0.2) is 5.05 Å². The molecule has 0 saturated heterocycles. The lowest BCUT2D eigenvalue weighted by Gasteiger charge is -2.33. The van der Waals surface area contributed by atoms with E-state index >= 15 is 0 Å². The lowest BCUT2D eigenvalue weighted by molar-refractivity contribution is 0.233. The molecule has 0 aliphatic rings. The summed E-state index contributed by atoms with van der Waals surface area (Å²) in [5, 5.41) is 0.613. The van der Waals surface area contributed by atoms with Crippen molar-refractivity contribution >= 4 is 17.3 Å². The van der Waals surface area contributed by atoms with Crippen molar-refractivity contribution in [3.8, 4) is 0 Å². The Morgan fingerprint density at radius 3 is 1.31 bits per heavy atom. The van der Waals surface area contributed by atoms with E-state index in [1.54, 1.807) is 0 Å². The summed E-state index contributed by atoms with van der Waals surface area (Å²) in [4.78, 5) is 0. The van der Waals surface area contributed by atoms with Crippen LogP contribution in [0.3, 0.4) is 0 Å². The van der Waals surface area contributed by atoms with E-state index in [0.29, 0.717) is 11.5 Å². The number of benzene rings is 5. The quantitative estimate of drug-likeness (QED) is 0.102. The van der Waals surface area contributed by atoms with Crippen LogP contribution in [0.4, 0.5) is 0 Å². The summed E-state index contributed by atoms with van der Waals surface area (Å²) in [5.74, 6) is 0. The van der Waals surface area contributed by atoms with Gasteiger partial charge >= 0.3 is 0 Å². The highest BCUT2D eigenvalue weighted by molar-refractivity contribution is 7.80. The van der Waals surface area contributed by atoms with Crippen molar-refractivity contribution in [2.75, 3.05) is 0 Å². The van der Waals surface area contributed by atoms with Gasteiger partial charge in [-0.3, -0.25) is 0 Å². The fourth-order valence-electron chi connectivity index (χ4n) is 5.13. The zero-order chi connectivity index (χ0) is 26.8. The SMILES string of the molecule is S=C(CC/C=C\C(c1ccccc1)(c1ccccc1)c1ccccc1)OC(c1ccccc1)c1ccccc1. The van der Waals surface area contributed by atoms with Crippen molar-refractivity contribution in [3.63, 3.8) is 0 Å². The molecule has 0 spiro atoms. The Kier molecular flexibility index (Phi) is 8.78. The van der Waals surface area contributed by atoms with Crippen LogP contribution in [-0.4, -0.2) is 5.05 Å². The Morgan fingerprint density at radius 2 is 0.923 bits per heavy atom. The van der Waals surface area contributed by atoms with Gasteiger partial charge in [0, 0.05) is 6.42 Å². The second-order valence-corrected chi connectivity index (χ2v) is 9.99. The van der Waals surface area contributed by atoms with Gasteiger partial charge < -0.3 is 4.74 Å². The molecule has 0 saturated carbocycles. The summed E-state index contributed by atoms with van der Waals surface area (Å²) in [6.07, 6.45) is 5.81. The molecule has 0 atom stereocenters. The molecule has 0 fully saturated rings. The van der Waals surface area contributed by atoms with Gasteiger partial charge in [-0.25, -0.2) is 0 Å². The molecular weight excluding hydrogens is 492 g/mol. The van der Waals surface area contributed by atoms with E-state index in [-0.39, 0.29) is 6.10 Å². The minimum Gasteiger partial charge on any atom is -0.474 e. The van der Waals surface area contributed by atoms with E-state index in [2.05, 4.69) is 127 Å². The summed E-state index contributed by atoms with van der Waals surface area (Å²) < 4.78 is 6.41. The lowest BCUT2D eigenvalue weighted by Crippen LogP contribution is -2.27. The molecule has 39 heavy (non-hydrogen) atoms. The second-order valence-electron chi connectivity index (χ2n) is 9.54. The van der Waals surface area contributed by atoms with Crippen molar-refractivity contribution in [1.29, 1.82) is 0 Å². The van der Waals surface area contributed by atoms with Crippen LogP contribution in [0.5, 0.6) is 0 Å². The van der Waals surface area contributed by atoms with Crippen molar-refractivity contribution in [3.05, 3.63) is 192 Å².